The third kappa shape index (κ3) is 3.96. The maximum atomic E-state index is 12.8. The number of para-hydroxylation sites is 2. The fourth-order valence-corrected chi connectivity index (χ4v) is 3.53. The number of aromatic nitrogens is 4. The number of nitrogens with one attached hydrogen (secondary N) is 2. The molecule has 12 heteroatoms. The molecule has 1 unspecified atom stereocenters. The van der Waals surface area contributed by atoms with Crippen LogP contribution in [0.15, 0.2) is 53.3 Å². The van der Waals surface area contributed by atoms with Crippen molar-refractivity contribution in [2.75, 3.05) is 18.3 Å². The van der Waals surface area contributed by atoms with Crippen LogP contribution in [0.4, 0.5) is 5.69 Å². The van der Waals surface area contributed by atoms with Gasteiger partial charge in [-0.25, -0.2) is 23.5 Å². The number of carbonyl (C=O) groups excluding carboxylic acids is 1. The Morgan fingerprint density at radius 2 is 2.03 bits per heavy atom. The number of primary amides is 1. The largest absolute Gasteiger partial charge is 0.495 e. The van der Waals surface area contributed by atoms with Gasteiger partial charge in [-0.05, 0) is 24.3 Å². The molecule has 0 aliphatic rings. The lowest BCUT2D eigenvalue weighted by Gasteiger charge is -2.10. The van der Waals surface area contributed by atoms with Gasteiger partial charge in [-0.2, -0.15) is 0 Å². The highest BCUT2D eigenvalue weighted by molar-refractivity contribution is 7.79. The first-order valence-corrected chi connectivity index (χ1v) is 10.5. The van der Waals surface area contributed by atoms with E-state index in [2.05, 4.69) is 20.3 Å². The summed E-state index contributed by atoms with van der Waals surface area (Å²) in [6.07, 6.45) is 0. The van der Waals surface area contributed by atoms with Gasteiger partial charge in [0, 0.05) is 11.3 Å². The fourth-order valence-electron chi connectivity index (χ4n) is 3.24. The van der Waals surface area contributed by atoms with E-state index in [0.29, 0.717) is 22.7 Å². The molecule has 32 heavy (non-hydrogen) atoms. The maximum absolute atomic E-state index is 12.8. The average molecular weight is 454 g/mol. The van der Waals surface area contributed by atoms with Crippen molar-refractivity contribution in [3.63, 3.8) is 0 Å². The SMILES string of the molecule is COc1ccccc1-n1c(=O)[nH]c2c(C(N)=O)nc(-c3cccc(NCS(=O)O)c3)nc21. The Hall–Kier alpha value is -4.03. The van der Waals surface area contributed by atoms with Gasteiger partial charge < -0.3 is 25.3 Å². The summed E-state index contributed by atoms with van der Waals surface area (Å²) in [5.74, 6) is -0.430. The number of ether oxygens (including phenoxy) is 1. The molecule has 4 rings (SSSR count). The van der Waals surface area contributed by atoms with Crippen LogP contribution < -0.4 is 21.5 Å². The van der Waals surface area contributed by atoms with E-state index < -0.39 is 22.7 Å². The van der Waals surface area contributed by atoms with Crippen LogP contribution in [0.2, 0.25) is 0 Å². The molecule has 4 aromatic rings. The number of methoxy groups -OCH3 is 1. The number of fused-ring (bicyclic) bond motifs is 1. The summed E-state index contributed by atoms with van der Waals surface area (Å²) in [5, 5.41) is 2.81. The molecule has 0 aliphatic heterocycles. The fraction of sp³-hybridized carbons (Fsp3) is 0.100. The van der Waals surface area contributed by atoms with Gasteiger partial charge in [0.25, 0.3) is 5.91 Å². The second-order valence-electron chi connectivity index (χ2n) is 6.62. The molecule has 5 N–H and O–H groups in total. The monoisotopic (exact) mass is 454 g/mol. The number of hydrogen-bond acceptors (Lipinski definition) is 7. The highest BCUT2D eigenvalue weighted by Gasteiger charge is 2.21. The van der Waals surface area contributed by atoms with E-state index in [1.54, 1.807) is 48.5 Å². The molecule has 164 valence electrons. The molecule has 0 aliphatic carbocycles. The normalized spacial score (nSPS) is 11.9. The summed E-state index contributed by atoms with van der Waals surface area (Å²) < 4.78 is 26.6. The third-order valence-electron chi connectivity index (χ3n) is 4.62. The Kier molecular flexibility index (Phi) is 5.71. The highest BCUT2D eigenvalue weighted by Crippen LogP contribution is 2.27. The lowest BCUT2D eigenvalue weighted by molar-refractivity contribution is 0.0997. The first-order valence-electron chi connectivity index (χ1n) is 9.26. The van der Waals surface area contributed by atoms with Gasteiger partial charge >= 0.3 is 5.69 Å². The van der Waals surface area contributed by atoms with Crippen LogP contribution in [0.3, 0.4) is 0 Å². The number of imidazole rings is 1. The number of amides is 1. The number of aromatic amines is 1. The Bertz CT molecular complexity index is 1410. The molecular weight excluding hydrogens is 436 g/mol. The van der Waals surface area contributed by atoms with Crippen molar-refractivity contribution in [2.45, 2.75) is 0 Å². The van der Waals surface area contributed by atoms with Gasteiger partial charge in [0.2, 0.25) is 0 Å². The Morgan fingerprint density at radius 1 is 1.25 bits per heavy atom. The zero-order chi connectivity index (χ0) is 22.8. The molecule has 2 aromatic heterocycles. The maximum Gasteiger partial charge on any atom is 0.332 e. The minimum absolute atomic E-state index is 0.0992. The highest BCUT2D eigenvalue weighted by atomic mass is 32.2. The second kappa shape index (κ2) is 8.61. The average Bonchev–Trinajstić information content (AvgIpc) is 3.12. The summed E-state index contributed by atoms with van der Waals surface area (Å²) in [7, 11) is 1.48. The number of H-pyrrole nitrogens is 1. The minimum atomic E-state index is -2.03. The van der Waals surface area contributed by atoms with Gasteiger partial charge in [-0.3, -0.25) is 4.79 Å². The quantitative estimate of drug-likeness (QED) is 0.305. The van der Waals surface area contributed by atoms with Gasteiger partial charge in [0.1, 0.15) is 17.1 Å². The molecular formula is C20H18N6O5S. The zero-order valence-electron chi connectivity index (χ0n) is 16.7. The van der Waals surface area contributed by atoms with E-state index in [-0.39, 0.29) is 28.6 Å². The number of hydrogen-bond donors (Lipinski definition) is 4. The van der Waals surface area contributed by atoms with E-state index in [1.807, 2.05) is 0 Å². The number of rotatable bonds is 7. The molecule has 11 nitrogen and oxygen atoms in total. The topological polar surface area (TPSA) is 165 Å². The predicted octanol–water partition coefficient (Wildman–Crippen LogP) is 1.47. The molecule has 2 aromatic carbocycles. The predicted molar refractivity (Wildman–Crippen MR) is 119 cm³/mol. The molecule has 0 fully saturated rings. The number of benzene rings is 2. The van der Waals surface area contributed by atoms with Crippen LogP contribution in [0.5, 0.6) is 5.75 Å². The lowest BCUT2D eigenvalue weighted by atomic mass is 10.2. The standard InChI is InChI=1S/C20H18N6O5S/c1-31-14-8-3-2-7-13(14)26-19-16(24-20(26)28)15(17(21)27)23-18(25-19)11-5-4-6-12(9-11)22-10-32(29)30/h2-9,22H,10H2,1H3,(H2,21,27)(H,24,28)(H,29,30). The van der Waals surface area contributed by atoms with Gasteiger partial charge in [-0.1, -0.05) is 24.3 Å². The van der Waals surface area contributed by atoms with Gasteiger partial charge in [-0.15, -0.1) is 0 Å². The third-order valence-corrected chi connectivity index (χ3v) is 5.01. The number of nitrogens with two attached hydrogens (primary N) is 1. The zero-order valence-corrected chi connectivity index (χ0v) is 17.5. The van der Waals surface area contributed by atoms with Crippen molar-refractivity contribution in [3.05, 3.63) is 64.7 Å². The van der Waals surface area contributed by atoms with Crippen molar-refractivity contribution in [1.29, 1.82) is 0 Å². The van der Waals surface area contributed by atoms with Crippen LogP contribution in [0, 0.1) is 0 Å². The van der Waals surface area contributed by atoms with E-state index in [1.165, 1.54) is 11.7 Å². The molecule has 2 heterocycles. The van der Waals surface area contributed by atoms with E-state index in [0.717, 1.165) is 0 Å². The smallest absolute Gasteiger partial charge is 0.332 e. The summed E-state index contributed by atoms with van der Waals surface area (Å²) in [6.45, 7) is 0. The van der Waals surface area contributed by atoms with Crippen LogP contribution in [0.25, 0.3) is 28.2 Å². The molecule has 0 saturated heterocycles. The van der Waals surface area contributed by atoms with Gasteiger partial charge in [0.15, 0.2) is 28.2 Å². The first kappa shape index (κ1) is 21.2. The van der Waals surface area contributed by atoms with Crippen molar-refractivity contribution in [3.8, 4) is 22.8 Å². The van der Waals surface area contributed by atoms with Gasteiger partial charge in [0.05, 0.1) is 12.8 Å². The number of anilines is 1. The molecule has 1 amide bonds. The number of nitrogens with zero attached hydrogens (tertiary/aromatic N) is 3. The van der Waals surface area contributed by atoms with Crippen molar-refractivity contribution < 1.29 is 18.3 Å². The van der Waals surface area contributed by atoms with Crippen LogP contribution >= 0.6 is 0 Å². The van der Waals surface area contributed by atoms with Crippen LogP contribution in [-0.4, -0.2) is 47.2 Å². The van der Waals surface area contributed by atoms with Crippen molar-refractivity contribution >= 4 is 33.8 Å². The summed E-state index contributed by atoms with van der Waals surface area (Å²) >= 11 is -2.03. The molecule has 0 radical (unpaired) electrons. The Morgan fingerprint density at radius 3 is 2.75 bits per heavy atom. The van der Waals surface area contributed by atoms with E-state index in [4.69, 9.17) is 15.0 Å². The molecule has 0 spiro atoms. The van der Waals surface area contributed by atoms with Crippen LogP contribution in [0.1, 0.15) is 10.5 Å². The van der Waals surface area contributed by atoms with Crippen molar-refractivity contribution in [2.24, 2.45) is 5.73 Å². The summed E-state index contributed by atoms with van der Waals surface area (Å²) in [5.41, 5.74) is 6.56. The van der Waals surface area contributed by atoms with E-state index >= 15 is 0 Å². The minimum Gasteiger partial charge on any atom is -0.495 e. The van der Waals surface area contributed by atoms with E-state index in [9.17, 15) is 13.8 Å². The Balaban J connectivity index is 1.95. The number of carbonyl (C=O) groups is 1. The first-order chi connectivity index (χ1) is 15.4. The second-order valence-corrected chi connectivity index (χ2v) is 7.55. The molecule has 1 atom stereocenters. The molecule has 0 saturated carbocycles. The summed E-state index contributed by atoms with van der Waals surface area (Å²) in [6, 6.07) is 13.6. The lowest BCUT2D eigenvalue weighted by Crippen LogP contribution is -2.16. The molecule has 0 bridgehead atoms. The Labute approximate surface area is 183 Å². The van der Waals surface area contributed by atoms with Crippen LogP contribution in [-0.2, 0) is 11.1 Å². The van der Waals surface area contributed by atoms with Crippen molar-refractivity contribution in [1.82, 2.24) is 19.5 Å². The summed E-state index contributed by atoms with van der Waals surface area (Å²) in [4.78, 5) is 36.3.